The van der Waals surface area contributed by atoms with Crippen LogP contribution in [0.1, 0.15) is 11.1 Å². The Balaban J connectivity index is 1.90. The molecule has 0 unspecified atom stereocenters. The maximum Gasteiger partial charge on any atom is 0.130 e. The highest BCUT2D eigenvalue weighted by Crippen LogP contribution is 2.09. The van der Waals surface area contributed by atoms with Crippen molar-refractivity contribution in [1.82, 2.24) is 5.32 Å². The van der Waals surface area contributed by atoms with E-state index in [1.807, 2.05) is 30.3 Å². The monoisotopic (exact) mass is 232 g/mol. The topological polar surface area (TPSA) is 12.0 Å². The summed E-state index contributed by atoms with van der Waals surface area (Å²) in [5.74, 6) is -1.09. The minimum atomic E-state index is -0.557. The molecule has 2 aromatic carbocycles. The number of halogens is 2. The van der Waals surface area contributed by atoms with E-state index in [1.165, 1.54) is 12.1 Å². The summed E-state index contributed by atoms with van der Waals surface area (Å²) in [7, 11) is 0. The van der Waals surface area contributed by atoms with Gasteiger partial charge in [-0.15, -0.1) is 0 Å². The molecule has 0 spiro atoms. The highest BCUT2D eigenvalue weighted by molar-refractivity contribution is 5.23. The van der Waals surface area contributed by atoms with E-state index >= 15 is 0 Å². The molecule has 17 heavy (non-hydrogen) atoms. The van der Waals surface area contributed by atoms with Gasteiger partial charge in [0.15, 0.2) is 0 Å². The third kappa shape index (κ3) is 3.36. The predicted molar refractivity (Wildman–Crippen MR) is 63.0 cm³/mol. The molecule has 1 radical (unpaired) electrons. The Bertz CT molecular complexity index is 483. The van der Waals surface area contributed by atoms with Gasteiger partial charge >= 0.3 is 0 Å². The number of rotatable bonds is 4. The summed E-state index contributed by atoms with van der Waals surface area (Å²) in [6.45, 7) is 2.13. The normalized spacial score (nSPS) is 10.5. The molecule has 2 rings (SSSR count). The van der Waals surface area contributed by atoms with Gasteiger partial charge in [0.1, 0.15) is 11.6 Å². The van der Waals surface area contributed by atoms with Gasteiger partial charge in [0.2, 0.25) is 0 Å². The summed E-state index contributed by atoms with van der Waals surface area (Å²) in [5, 5.41) is 2.99. The molecule has 0 heterocycles. The second-order valence-corrected chi connectivity index (χ2v) is 3.67. The van der Waals surface area contributed by atoms with Gasteiger partial charge in [0, 0.05) is 18.2 Å². The average Bonchev–Trinajstić information content (AvgIpc) is 2.33. The molecule has 0 amide bonds. The molecule has 0 saturated heterocycles. The van der Waals surface area contributed by atoms with E-state index < -0.39 is 11.6 Å². The summed E-state index contributed by atoms with van der Waals surface area (Å²) in [6, 6.07) is 13.2. The van der Waals surface area contributed by atoms with Crippen LogP contribution < -0.4 is 5.32 Å². The molecular formula is C14H12F2N. The third-order valence-corrected chi connectivity index (χ3v) is 2.38. The Labute approximate surface area is 99.1 Å². The summed E-state index contributed by atoms with van der Waals surface area (Å²) in [5.41, 5.74) is 1.45. The van der Waals surface area contributed by atoms with Gasteiger partial charge in [0.05, 0.1) is 6.54 Å². The molecule has 3 heteroatoms. The lowest BCUT2D eigenvalue weighted by Crippen LogP contribution is -2.11. The quantitative estimate of drug-likeness (QED) is 0.853. The Morgan fingerprint density at radius 3 is 2.47 bits per heavy atom. The molecule has 0 aromatic heterocycles. The maximum absolute atomic E-state index is 13.3. The number of benzene rings is 2. The van der Waals surface area contributed by atoms with Crippen LogP contribution in [0.5, 0.6) is 0 Å². The fourth-order valence-corrected chi connectivity index (χ4v) is 1.49. The van der Waals surface area contributed by atoms with Crippen molar-refractivity contribution in [1.29, 1.82) is 0 Å². The summed E-state index contributed by atoms with van der Waals surface area (Å²) in [6.07, 6.45) is 0. The van der Waals surface area contributed by atoms with E-state index in [2.05, 4.69) is 5.32 Å². The van der Waals surface area contributed by atoms with Crippen molar-refractivity contribution < 1.29 is 8.78 Å². The van der Waals surface area contributed by atoms with Crippen LogP contribution >= 0.6 is 0 Å². The van der Waals surface area contributed by atoms with Crippen LogP contribution in [0.3, 0.4) is 0 Å². The largest absolute Gasteiger partial charge is 0.304 e. The maximum atomic E-state index is 13.3. The molecule has 2 aromatic rings. The Kier molecular flexibility index (Phi) is 3.83. The van der Waals surface area contributed by atoms with Crippen LogP contribution in [0.15, 0.2) is 48.5 Å². The fraction of sp³-hybridized carbons (Fsp3) is 0.0714. The van der Waals surface area contributed by atoms with E-state index in [9.17, 15) is 8.78 Å². The summed E-state index contributed by atoms with van der Waals surface area (Å²) in [4.78, 5) is 0. The third-order valence-electron chi connectivity index (χ3n) is 2.38. The molecule has 0 atom stereocenters. The summed E-state index contributed by atoms with van der Waals surface area (Å²) >= 11 is 0. The van der Waals surface area contributed by atoms with Crippen LogP contribution in [0.25, 0.3) is 0 Å². The van der Waals surface area contributed by atoms with E-state index in [1.54, 1.807) is 6.54 Å². The number of hydrogen-bond donors (Lipinski definition) is 1. The van der Waals surface area contributed by atoms with Gasteiger partial charge in [-0.25, -0.2) is 8.78 Å². The van der Waals surface area contributed by atoms with Crippen LogP contribution in [0, 0.1) is 18.2 Å². The van der Waals surface area contributed by atoms with Crippen molar-refractivity contribution in [3.8, 4) is 0 Å². The Hall–Kier alpha value is -1.74. The lowest BCUT2D eigenvalue weighted by atomic mass is 10.2. The van der Waals surface area contributed by atoms with Crippen LogP contribution in [0.4, 0.5) is 8.78 Å². The zero-order valence-corrected chi connectivity index (χ0v) is 9.16. The van der Waals surface area contributed by atoms with Gasteiger partial charge in [-0.1, -0.05) is 36.4 Å². The first-order chi connectivity index (χ1) is 8.25. The first-order valence-corrected chi connectivity index (χ1v) is 5.31. The van der Waals surface area contributed by atoms with E-state index in [4.69, 9.17) is 0 Å². The van der Waals surface area contributed by atoms with Crippen molar-refractivity contribution in [3.63, 3.8) is 0 Å². The molecule has 1 N–H and O–H groups in total. The van der Waals surface area contributed by atoms with E-state index in [0.717, 1.165) is 11.6 Å². The standard InChI is InChI=1S/C14H12F2N/c15-13-7-6-12(14(16)8-13)10-17-9-11-4-2-1-3-5-11/h1-9,17H,10H2. The van der Waals surface area contributed by atoms with Gasteiger partial charge < -0.3 is 5.32 Å². The van der Waals surface area contributed by atoms with Gasteiger partial charge in [0.25, 0.3) is 0 Å². The molecule has 0 aliphatic heterocycles. The first kappa shape index (κ1) is 11.7. The minimum absolute atomic E-state index is 0.334. The van der Waals surface area contributed by atoms with E-state index in [0.29, 0.717) is 12.1 Å². The molecule has 0 bridgehead atoms. The lowest BCUT2D eigenvalue weighted by molar-refractivity contribution is 0.567. The zero-order chi connectivity index (χ0) is 12.1. The molecule has 1 nitrogen and oxygen atoms in total. The molecule has 0 saturated carbocycles. The van der Waals surface area contributed by atoms with Crippen molar-refractivity contribution in [2.24, 2.45) is 0 Å². The molecule has 0 aliphatic carbocycles. The van der Waals surface area contributed by atoms with Gasteiger partial charge in [-0.2, -0.15) is 0 Å². The Morgan fingerprint density at radius 2 is 1.76 bits per heavy atom. The molecule has 0 aliphatic rings. The molecule has 87 valence electrons. The lowest BCUT2D eigenvalue weighted by Gasteiger charge is -2.05. The first-order valence-electron chi connectivity index (χ1n) is 5.31. The highest BCUT2D eigenvalue weighted by atomic mass is 19.1. The Morgan fingerprint density at radius 1 is 1.00 bits per heavy atom. The smallest absolute Gasteiger partial charge is 0.130 e. The van der Waals surface area contributed by atoms with Crippen LogP contribution in [0.2, 0.25) is 0 Å². The molecule has 0 fully saturated rings. The summed E-state index contributed by atoms with van der Waals surface area (Å²) < 4.78 is 25.9. The zero-order valence-electron chi connectivity index (χ0n) is 9.16. The van der Waals surface area contributed by atoms with Crippen LogP contribution in [-0.4, -0.2) is 0 Å². The molecular weight excluding hydrogens is 220 g/mol. The van der Waals surface area contributed by atoms with Crippen LogP contribution in [-0.2, 0) is 6.54 Å². The highest BCUT2D eigenvalue weighted by Gasteiger charge is 2.03. The number of hydrogen-bond acceptors (Lipinski definition) is 1. The van der Waals surface area contributed by atoms with Crippen molar-refractivity contribution in [3.05, 3.63) is 77.8 Å². The second kappa shape index (κ2) is 5.55. The second-order valence-electron chi connectivity index (χ2n) is 3.67. The SMILES string of the molecule is Fc1ccc(CN[CH]c2ccccc2)c(F)c1. The minimum Gasteiger partial charge on any atom is -0.304 e. The van der Waals surface area contributed by atoms with Crippen molar-refractivity contribution in [2.45, 2.75) is 6.54 Å². The van der Waals surface area contributed by atoms with Gasteiger partial charge in [-0.05, 0) is 11.6 Å². The predicted octanol–water partition coefficient (Wildman–Crippen LogP) is 3.26. The number of nitrogens with one attached hydrogen (secondary N) is 1. The van der Waals surface area contributed by atoms with E-state index in [-0.39, 0.29) is 0 Å². The fourth-order valence-electron chi connectivity index (χ4n) is 1.49. The van der Waals surface area contributed by atoms with Gasteiger partial charge in [-0.3, -0.25) is 0 Å². The van der Waals surface area contributed by atoms with Crippen molar-refractivity contribution in [2.75, 3.05) is 0 Å². The average molecular weight is 232 g/mol. The van der Waals surface area contributed by atoms with Crippen molar-refractivity contribution >= 4 is 0 Å².